The van der Waals surface area contributed by atoms with Crippen LogP contribution in [0.2, 0.25) is 0 Å². The second-order valence-corrected chi connectivity index (χ2v) is 6.33. The summed E-state index contributed by atoms with van der Waals surface area (Å²) in [7, 11) is 3.33. The minimum absolute atomic E-state index is 0.0338. The zero-order valence-corrected chi connectivity index (χ0v) is 13.4. The first-order chi connectivity index (χ1) is 9.06. The molecular weight excluding hydrogens is 329 g/mol. The van der Waals surface area contributed by atoms with Gasteiger partial charge >= 0.3 is 0 Å². The lowest BCUT2D eigenvalue weighted by Crippen LogP contribution is -2.17. The van der Waals surface area contributed by atoms with Crippen molar-refractivity contribution < 1.29 is 9.13 Å². The smallest absolute Gasteiger partial charge is 0.165 e. The highest BCUT2D eigenvalue weighted by Crippen LogP contribution is 2.36. The lowest BCUT2D eigenvalue weighted by Gasteiger charge is -2.16. The monoisotopic (exact) mass is 343 g/mol. The molecule has 2 rings (SSSR count). The van der Waals surface area contributed by atoms with Gasteiger partial charge in [-0.2, -0.15) is 0 Å². The van der Waals surface area contributed by atoms with Crippen LogP contribution in [0.4, 0.5) is 4.39 Å². The molecule has 0 amide bonds. The van der Waals surface area contributed by atoms with Crippen LogP contribution in [0.3, 0.4) is 0 Å². The van der Waals surface area contributed by atoms with Gasteiger partial charge in [-0.1, -0.05) is 6.07 Å². The van der Waals surface area contributed by atoms with Crippen LogP contribution < -0.4 is 10.1 Å². The number of methoxy groups -OCH3 is 1. The first-order valence-corrected chi connectivity index (χ1v) is 7.44. The van der Waals surface area contributed by atoms with Gasteiger partial charge in [-0.15, -0.1) is 11.3 Å². The number of rotatable bonds is 4. The van der Waals surface area contributed by atoms with Crippen LogP contribution in [0, 0.1) is 12.7 Å². The highest BCUT2D eigenvalue weighted by atomic mass is 79.9. The Balaban J connectivity index is 2.42. The van der Waals surface area contributed by atoms with Gasteiger partial charge in [0.05, 0.1) is 13.2 Å². The molecule has 0 spiro atoms. The second-order valence-electron chi connectivity index (χ2n) is 4.18. The van der Waals surface area contributed by atoms with Crippen molar-refractivity contribution in [2.75, 3.05) is 14.2 Å². The Kier molecular flexibility index (Phi) is 4.60. The molecule has 0 bridgehead atoms. The lowest BCUT2D eigenvalue weighted by atomic mass is 10.1. The molecule has 1 atom stereocenters. The van der Waals surface area contributed by atoms with Crippen LogP contribution in [-0.4, -0.2) is 14.2 Å². The van der Waals surface area contributed by atoms with Crippen LogP contribution in [-0.2, 0) is 0 Å². The molecule has 2 aromatic rings. The van der Waals surface area contributed by atoms with Gasteiger partial charge in [0, 0.05) is 14.2 Å². The van der Waals surface area contributed by atoms with Gasteiger partial charge in [-0.05, 0) is 53.7 Å². The van der Waals surface area contributed by atoms with E-state index in [1.807, 2.05) is 13.1 Å². The number of hydrogen-bond acceptors (Lipinski definition) is 3. The normalized spacial score (nSPS) is 12.5. The van der Waals surface area contributed by atoms with E-state index in [2.05, 4.69) is 34.2 Å². The summed E-state index contributed by atoms with van der Waals surface area (Å²) in [5.41, 5.74) is 0.878. The number of benzene rings is 1. The molecule has 1 aromatic carbocycles. The maximum Gasteiger partial charge on any atom is 0.165 e. The maximum atomic E-state index is 13.8. The van der Waals surface area contributed by atoms with E-state index in [4.69, 9.17) is 4.74 Å². The van der Waals surface area contributed by atoms with Crippen molar-refractivity contribution in [3.05, 3.63) is 49.9 Å². The number of ether oxygens (including phenoxy) is 1. The summed E-state index contributed by atoms with van der Waals surface area (Å²) in [6, 6.07) is 7.09. The summed E-state index contributed by atoms with van der Waals surface area (Å²) in [5, 5.41) is 3.23. The van der Waals surface area contributed by atoms with E-state index in [-0.39, 0.29) is 17.6 Å². The Morgan fingerprint density at radius 3 is 2.58 bits per heavy atom. The molecule has 2 nitrogen and oxygen atoms in total. The third kappa shape index (κ3) is 2.99. The molecule has 1 unspecified atom stereocenters. The molecule has 0 radical (unpaired) electrons. The van der Waals surface area contributed by atoms with Crippen molar-refractivity contribution in [1.29, 1.82) is 0 Å². The Morgan fingerprint density at radius 1 is 1.37 bits per heavy atom. The fourth-order valence-electron chi connectivity index (χ4n) is 2.01. The predicted molar refractivity (Wildman–Crippen MR) is 80.6 cm³/mol. The van der Waals surface area contributed by atoms with E-state index < -0.39 is 0 Å². The van der Waals surface area contributed by atoms with Crippen LogP contribution in [0.15, 0.2) is 28.7 Å². The third-order valence-electron chi connectivity index (χ3n) is 2.90. The van der Waals surface area contributed by atoms with Gasteiger partial charge in [-0.25, -0.2) is 4.39 Å². The van der Waals surface area contributed by atoms with Gasteiger partial charge in [-0.3, -0.25) is 0 Å². The molecule has 0 saturated heterocycles. The molecule has 0 fully saturated rings. The molecule has 0 saturated carbocycles. The Hall–Kier alpha value is -0.910. The quantitative estimate of drug-likeness (QED) is 0.894. The maximum absolute atomic E-state index is 13.8. The number of halogens is 2. The molecular formula is C14H15BrFNOS. The van der Waals surface area contributed by atoms with E-state index in [1.54, 1.807) is 17.4 Å². The van der Waals surface area contributed by atoms with Crippen LogP contribution in [0.25, 0.3) is 0 Å². The first-order valence-electron chi connectivity index (χ1n) is 5.83. The summed E-state index contributed by atoms with van der Waals surface area (Å²) in [6.45, 7) is 2.06. The van der Waals surface area contributed by atoms with Crippen molar-refractivity contribution in [1.82, 2.24) is 5.32 Å². The fraction of sp³-hybridized carbons (Fsp3) is 0.286. The highest BCUT2D eigenvalue weighted by Gasteiger charge is 2.19. The Morgan fingerprint density at radius 2 is 2.11 bits per heavy atom. The van der Waals surface area contributed by atoms with Gasteiger partial charge < -0.3 is 10.1 Å². The first kappa shape index (κ1) is 14.5. The minimum atomic E-state index is -0.343. The van der Waals surface area contributed by atoms with Crippen molar-refractivity contribution >= 4 is 27.3 Å². The van der Waals surface area contributed by atoms with E-state index in [0.29, 0.717) is 0 Å². The summed E-state index contributed by atoms with van der Waals surface area (Å²) in [4.78, 5) is 2.36. The average molecular weight is 344 g/mol. The largest absolute Gasteiger partial charge is 0.494 e. The summed E-state index contributed by atoms with van der Waals surface area (Å²) >= 11 is 5.25. The van der Waals surface area contributed by atoms with Gasteiger partial charge in [0.25, 0.3) is 0 Å². The topological polar surface area (TPSA) is 21.3 Å². The molecule has 0 aliphatic heterocycles. The molecule has 0 aliphatic rings. The molecule has 1 aromatic heterocycles. The summed E-state index contributed by atoms with van der Waals surface area (Å²) < 4.78 is 19.8. The second kappa shape index (κ2) is 6.03. The van der Waals surface area contributed by atoms with Crippen LogP contribution in [0.1, 0.15) is 21.4 Å². The average Bonchev–Trinajstić information content (AvgIpc) is 2.70. The molecule has 102 valence electrons. The predicted octanol–water partition coefficient (Wildman–Crippen LogP) is 4.28. The van der Waals surface area contributed by atoms with E-state index in [0.717, 1.165) is 14.9 Å². The van der Waals surface area contributed by atoms with Crippen LogP contribution in [0.5, 0.6) is 5.75 Å². The molecule has 1 N–H and O–H groups in total. The van der Waals surface area contributed by atoms with E-state index in [1.165, 1.54) is 18.1 Å². The van der Waals surface area contributed by atoms with E-state index >= 15 is 0 Å². The van der Waals surface area contributed by atoms with Crippen LogP contribution >= 0.6 is 27.3 Å². The molecule has 1 heterocycles. The Labute approximate surface area is 124 Å². The number of thiophene rings is 1. The van der Waals surface area contributed by atoms with Crippen molar-refractivity contribution in [2.24, 2.45) is 0 Å². The summed E-state index contributed by atoms with van der Waals surface area (Å²) in [5.74, 6) is -0.0790. The Bertz CT molecular complexity index is 585. The number of hydrogen-bond donors (Lipinski definition) is 1. The van der Waals surface area contributed by atoms with E-state index in [9.17, 15) is 4.39 Å². The zero-order valence-electron chi connectivity index (χ0n) is 11.0. The molecule has 19 heavy (non-hydrogen) atoms. The highest BCUT2D eigenvalue weighted by molar-refractivity contribution is 9.10. The SMILES string of the molecule is CNC(c1ccc(OC)c(F)c1)c1sc(C)cc1Br. The van der Waals surface area contributed by atoms with Gasteiger partial charge in [0.2, 0.25) is 0 Å². The summed E-state index contributed by atoms with van der Waals surface area (Å²) in [6.07, 6.45) is 0. The zero-order chi connectivity index (χ0) is 14.0. The lowest BCUT2D eigenvalue weighted by molar-refractivity contribution is 0.386. The standard InChI is InChI=1S/C14H15BrFNOS/c1-8-6-10(15)14(19-8)13(17-2)9-4-5-12(18-3)11(16)7-9/h4-7,13,17H,1-3H3. The number of aryl methyl sites for hydroxylation is 1. The van der Waals surface area contributed by atoms with Crippen molar-refractivity contribution in [3.63, 3.8) is 0 Å². The third-order valence-corrected chi connectivity index (χ3v) is 4.93. The molecule has 5 heteroatoms. The molecule has 0 aliphatic carbocycles. The minimum Gasteiger partial charge on any atom is -0.494 e. The fourth-order valence-corrected chi connectivity index (χ4v) is 4.03. The van der Waals surface area contributed by atoms with Gasteiger partial charge in [0.1, 0.15) is 0 Å². The van der Waals surface area contributed by atoms with Crippen molar-refractivity contribution in [3.8, 4) is 5.75 Å². The van der Waals surface area contributed by atoms with Gasteiger partial charge in [0.15, 0.2) is 11.6 Å². The number of nitrogens with one attached hydrogen (secondary N) is 1. The van der Waals surface area contributed by atoms with Crippen molar-refractivity contribution in [2.45, 2.75) is 13.0 Å².